The molecule has 4 nitrogen and oxygen atoms in total. The third-order valence-corrected chi connectivity index (χ3v) is 4.42. The fourth-order valence-electron chi connectivity index (χ4n) is 3.19. The molecule has 0 radical (unpaired) electrons. The maximum absolute atomic E-state index is 13.3. The first kappa shape index (κ1) is 13.8. The molecule has 1 aromatic carbocycles. The van der Waals surface area contributed by atoms with Crippen LogP contribution in [0, 0.1) is 5.82 Å². The van der Waals surface area contributed by atoms with Crippen molar-refractivity contribution < 1.29 is 4.39 Å². The summed E-state index contributed by atoms with van der Waals surface area (Å²) in [6.45, 7) is 2.09. The number of hydrogen-bond donors (Lipinski definition) is 1. The topological polar surface area (TPSA) is 32.6 Å². The van der Waals surface area contributed by atoms with E-state index in [1.165, 1.54) is 12.1 Å². The number of nitrogens with zero attached hydrogens (tertiary/aromatic N) is 3. The summed E-state index contributed by atoms with van der Waals surface area (Å²) < 4.78 is 15.3. The molecule has 1 aromatic heterocycles. The molecule has 1 atom stereocenters. The molecule has 0 amide bonds. The summed E-state index contributed by atoms with van der Waals surface area (Å²) in [5, 5.41) is 4.58. The zero-order valence-corrected chi connectivity index (χ0v) is 12.8. The van der Waals surface area contributed by atoms with Crippen molar-refractivity contribution in [1.29, 1.82) is 0 Å². The van der Waals surface area contributed by atoms with Crippen molar-refractivity contribution in [3.8, 4) is 0 Å². The second-order valence-corrected chi connectivity index (χ2v) is 5.62. The maximum atomic E-state index is 13.3. The molecule has 116 valence electrons. The second-order valence-electron chi connectivity index (χ2n) is 5.62. The molecule has 0 bridgehead atoms. The Morgan fingerprint density at radius 2 is 1.91 bits per heavy atom. The Hall–Kier alpha value is -2.82. The van der Waals surface area contributed by atoms with Crippen LogP contribution >= 0.6 is 0 Å². The van der Waals surface area contributed by atoms with E-state index >= 15 is 0 Å². The van der Waals surface area contributed by atoms with Gasteiger partial charge in [-0.05, 0) is 48.4 Å². The van der Waals surface area contributed by atoms with Crippen LogP contribution in [0.5, 0.6) is 0 Å². The Bertz CT molecular complexity index is 802. The van der Waals surface area contributed by atoms with E-state index in [1.807, 2.05) is 59.6 Å². The highest BCUT2D eigenvalue weighted by Gasteiger charge is 2.44. The average molecular weight is 308 g/mol. The first-order chi connectivity index (χ1) is 11.2. The normalized spacial score (nSPS) is 22.4. The molecule has 1 N–H and O–H groups in total. The number of amidine groups is 1. The van der Waals surface area contributed by atoms with E-state index in [1.54, 1.807) is 0 Å². The number of benzene rings is 1. The van der Waals surface area contributed by atoms with Gasteiger partial charge in [-0.2, -0.15) is 5.10 Å². The fourth-order valence-corrected chi connectivity index (χ4v) is 3.19. The Balaban J connectivity index is 1.76. The van der Waals surface area contributed by atoms with Crippen molar-refractivity contribution in [2.45, 2.75) is 19.0 Å². The van der Waals surface area contributed by atoms with E-state index in [2.05, 4.69) is 22.4 Å². The predicted molar refractivity (Wildman–Crippen MR) is 88.6 cm³/mol. The Labute approximate surface area is 134 Å². The van der Waals surface area contributed by atoms with Crippen molar-refractivity contribution in [2.24, 2.45) is 5.10 Å². The van der Waals surface area contributed by atoms with Gasteiger partial charge in [-0.1, -0.05) is 19.1 Å². The monoisotopic (exact) mass is 308 g/mol. The van der Waals surface area contributed by atoms with E-state index in [4.69, 9.17) is 0 Å². The van der Waals surface area contributed by atoms with Crippen LogP contribution in [0.25, 0.3) is 5.70 Å². The molecule has 4 rings (SSSR count). The molecule has 0 aliphatic carbocycles. The number of aromatic nitrogens is 1. The summed E-state index contributed by atoms with van der Waals surface area (Å²) in [4.78, 5) is 2.12. The van der Waals surface area contributed by atoms with Crippen LogP contribution in [0.2, 0.25) is 0 Å². The number of hydrazone groups is 1. The minimum absolute atomic E-state index is 0.235. The summed E-state index contributed by atoms with van der Waals surface area (Å²) in [5.41, 5.74) is 4.77. The van der Waals surface area contributed by atoms with Gasteiger partial charge in [-0.3, -0.25) is 5.43 Å². The molecule has 23 heavy (non-hydrogen) atoms. The van der Waals surface area contributed by atoms with E-state index in [0.717, 1.165) is 23.5 Å². The molecular weight excluding hydrogens is 291 g/mol. The Kier molecular flexibility index (Phi) is 3.08. The zero-order chi connectivity index (χ0) is 15.9. The van der Waals surface area contributed by atoms with Crippen LogP contribution in [0.3, 0.4) is 0 Å². The lowest BCUT2D eigenvalue weighted by Gasteiger charge is -2.38. The first-order valence-corrected chi connectivity index (χ1v) is 7.67. The number of hydrogen-bond acceptors (Lipinski definition) is 3. The van der Waals surface area contributed by atoms with Gasteiger partial charge in [0.2, 0.25) is 0 Å². The van der Waals surface area contributed by atoms with Crippen molar-refractivity contribution >= 4 is 11.5 Å². The number of fused-ring (bicyclic) bond motifs is 1. The molecule has 5 heteroatoms. The lowest BCUT2D eigenvalue weighted by Crippen LogP contribution is -2.49. The van der Waals surface area contributed by atoms with Crippen LogP contribution in [-0.2, 0) is 5.66 Å². The van der Waals surface area contributed by atoms with Gasteiger partial charge in [0, 0.05) is 18.6 Å². The third-order valence-electron chi connectivity index (χ3n) is 4.42. The van der Waals surface area contributed by atoms with Gasteiger partial charge in [-0.15, -0.1) is 0 Å². The summed E-state index contributed by atoms with van der Waals surface area (Å²) >= 11 is 0. The van der Waals surface area contributed by atoms with Gasteiger partial charge in [-0.25, -0.2) is 4.39 Å². The van der Waals surface area contributed by atoms with Crippen molar-refractivity contribution in [1.82, 2.24) is 14.9 Å². The quantitative estimate of drug-likeness (QED) is 0.941. The number of rotatable bonds is 3. The van der Waals surface area contributed by atoms with Gasteiger partial charge in [0.1, 0.15) is 5.82 Å². The molecule has 0 saturated carbocycles. The molecule has 2 aliphatic heterocycles. The third kappa shape index (κ3) is 2.00. The minimum Gasteiger partial charge on any atom is -0.321 e. The van der Waals surface area contributed by atoms with Crippen LogP contribution in [0.1, 0.15) is 18.9 Å². The van der Waals surface area contributed by atoms with Crippen molar-refractivity contribution in [3.63, 3.8) is 0 Å². The smallest absolute Gasteiger partial charge is 0.179 e. The lowest BCUT2D eigenvalue weighted by molar-refractivity contribution is 0.197. The molecule has 2 aromatic rings. The highest BCUT2D eigenvalue weighted by Crippen LogP contribution is 2.37. The summed E-state index contributed by atoms with van der Waals surface area (Å²) in [7, 11) is 0. The van der Waals surface area contributed by atoms with E-state index in [0.29, 0.717) is 0 Å². The predicted octanol–water partition coefficient (Wildman–Crippen LogP) is 3.48. The summed E-state index contributed by atoms with van der Waals surface area (Å²) in [6, 6.07) is 10.6. The fraction of sp³-hybridized carbons (Fsp3) is 0.167. The molecule has 0 spiro atoms. The Morgan fingerprint density at radius 1 is 1.17 bits per heavy atom. The molecule has 3 heterocycles. The molecule has 0 fully saturated rings. The SMILES string of the molecule is CCC1(c2ccc(F)cc2)NN=C2C(n3cccc3)=CC=CN21. The van der Waals surface area contributed by atoms with Crippen LogP contribution in [0.4, 0.5) is 4.39 Å². The summed E-state index contributed by atoms with van der Waals surface area (Å²) in [5.74, 6) is 0.621. The number of halogens is 1. The minimum atomic E-state index is -0.494. The second kappa shape index (κ2) is 5.12. The first-order valence-electron chi connectivity index (χ1n) is 7.67. The largest absolute Gasteiger partial charge is 0.321 e. The van der Waals surface area contributed by atoms with Gasteiger partial charge >= 0.3 is 0 Å². The van der Waals surface area contributed by atoms with Crippen molar-refractivity contribution in [3.05, 3.63) is 78.5 Å². The average Bonchev–Trinajstić information content (AvgIpc) is 3.24. The van der Waals surface area contributed by atoms with Crippen molar-refractivity contribution in [2.75, 3.05) is 0 Å². The molecular formula is C18H17FN4. The van der Waals surface area contributed by atoms with Crippen LogP contribution in [-0.4, -0.2) is 15.3 Å². The molecule has 2 aliphatic rings. The van der Waals surface area contributed by atoms with Gasteiger partial charge < -0.3 is 9.47 Å². The standard InChI is InChI=1S/C18H17FN4/c1-2-18(14-7-9-15(19)10-8-14)21-20-17-16(6-5-13-23(17)18)22-11-3-4-12-22/h3-13,21H,2H2,1H3. The molecule has 1 unspecified atom stereocenters. The highest BCUT2D eigenvalue weighted by atomic mass is 19.1. The lowest BCUT2D eigenvalue weighted by atomic mass is 9.94. The van der Waals surface area contributed by atoms with E-state index in [-0.39, 0.29) is 5.82 Å². The Morgan fingerprint density at radius 3 is 2.61 bits per heavy atom. The molecule has 0 saturated heterocycles. The van der Waals surface area contributed by atoms with Crippen LogP contribution < -0.4 is 5.43 Å². The van der Waals surface area contributed by atoms with Crippen LogP contribution in [0.15, 0.2) is 72.2 Å². The van der Waals surface area contributed by atoms with Gasteiger partial charge in [0.15, 0.2) is 11.5 Å². The van der Waals surface area contributed by atoms with Gasteiger partial charge in [0.25, 0.3) is 0 Å². The van der Waals surface area contributed by atoms with E-state index in [9.17, 15) is 4.39 Å². The zero-order valence-electron chi connectivity index (χ0n) is 12.8. The van der Waals surface area contributed by atoms with E-state index < -0.39 is 5.66 Å². The number of nitrogens with one attached hydrogen (secondary N) is 1. The summed E-state index contributed by atoms with van der Waals surface area (Å²) in [6.07, 6.45) is 10.8. The number of allylic oxidation sites excluding steroid dienone is 2. The van der Waals surface area contributed by atoms with Gasteiger partial charge in [0.05, 0.1) is 5.70 Å². The highest BCUT2D eigenvalue weighted by molar-refractivity contribution is 6.19. The maximum Gasteiger partial charge on any atom is 0.179 e.